The number of nitrogens with zero attached hydrogens (tertiary/aromatic N) is 4. The number of β-lactam (4-membered cyclic amide) rings is 1. The molecule has 2 amide bonds. The fraction of sp³-hybridized carbons (Fsp3) is 0.235. The molecule has 3 atom stereocenters. The number of hydrogen-bond donors (Lipinski definition) is 2. The third kappa shape index (κ3) is 9.89. The average molecular weight is 1050 g/mol. The average Bonchev–Trinajstić information content (AvgIpc) is 4.08. The lowest BCUT2D eigenvalue weighted by Crippen LogP contribution is -2.71. The first-order valence-corrected chi connectivity index (χ1v) is 23.6. The number of carbonyl (C=O) groups excluding carboxylic acids is 3. The molecule has 2 fully saturated rings. The molecule has 3 aliphatic rings. The van der Waals surface area contributed by atoms with Gasteiger partial charge in [-0.05, 0) is 66.2 Å². The van der Waals surface area contributed by atoms with Crippen molar-refractivity contribution >= 4 is 75.7 Å². The number of ether oxygens (including phenoxy) is 1. The van der Waals surface area contributed by atoms with Crippen molar-refractivity contribution in [2.45, 2.75) is 55.5 Å². The Labute approximate surface area is 412 Å². The van der Waals surface area contributed by atoms with E-state index >= 15 is 0 Å². The van der Waals surface area contributed by atoms with Crippen molar-refractivity contribution in [1.29, 1.82) is 0 Å². The zero-order valence-electron chi connectivity index (χ0n) is 36.2. The molecule has 0 aliphatic carbocycles. The number of hydrogen-bond acceptors (Lipinski definition) is 11. The van der Waals surface area contributed by atoms with Gasteiger partial charge in [0.1, 0.15) is 28.3 Å². The normalized spacial score (nSPS) is 17.9. The summed E-state index contributed by atoms with van der Waals surface area (Å²) in [5, 5.41) is 11.1. The molecule has 2 N–H and O–H groups in total. The van der Waals surface area contributed by atoms with Gasteiger partial charge in [-0.2, -0.15) is 8.78 Å². The highest BCUT2D eigenvalue weighted by Gasteiger charge is 2.55. The number of esters is 1. The molecule has 2 unspecified atom stereocenters. The van der Waals surface area contributed by atoms with E-state index in [-0.39, 0.29) is 41.4 Å². The number of likely N-dealkylation sites (tertiary alicyclic amines) is 1. The number of carbonyl (C=O) groups is 3. The van der Waals surface area contributed by atoms with E-state index in [1.54, 1.807) is 0 Å². The first-order chi connectivity index (χ1) is 32.2. The van der Waals surface area contributed by atoms with Crippen molar-refractivity contribution < 1.29 is 32.7 Å². The Morgan fingerprint density at radius 1 is 0.791 bits per heavy atom. The topological polar surface area (TPSA) is 125 Å². The fourth-order valence-corrected chi connectivity index (χ4v) is 11.1. The standard InChI is InChI=1S/C51H46F2N6O5S2.HI/c1-33(58-29-17-18-30-58)39-31-65-47-42(46(61)59(47)43(39)48(62)63-44(34-19-7-2-8-20-34)35-21-9-3-10-22-35)55-45(60)41(57-64-49(52)53)40-32-66-50(54-40)56-51(36-23-11-4-12-24-36,37-25-13-5-14-26-37)38-27-15-6-16-28-38;/h2-16,19-28,32-33,42,44,47,49H,17-18,29-31H2,1H3,(H,54,56)(H,55,60);1H/t33?,42?,47-;/m0./s1. The van der Waals surface area contributed by atoms with Crippen LogP contribution in [0.1, 0.15) is 59.4 Å². The summed E-state index contributed by atoms with van der Waals surface area (Å²) in [5.74, 6) is -1.79. The molecule has 2 saturated heterocycles. The molecular weight excluding hydrogens is 1010 g/mol. The molecule has 0 radical (unpaired) electrons. The Bertz CT molecular complexity index is 2580. The van der Waals surface area contributed by atoms with Gasteiger partial charge in [-0.25, -0.2) is 9.78 Å². The van der Waals surface area contributed by atoms with Gasteiger partial charge in [-0.1, -0.05) is 157 Å². The number of anilines is 1. The summed E-state index contributed by atoms with van der Waals surface area (Å²) in [6.45, 7) is 0.404. The van der Waals surface area contributed by atoms with Crippen LogP contribution in [-0.4, -0.2) is 81.2 Å². The van der Waals surface area contributed by atoms with E-state index in [0.29, 0.717) is 10.9 Å². The predicted octanol–water partition coefficient (Wildman–Crippen LogP) is 9.58. The van der Waals surface area contributed by atoms with Crippen molar-refractivity contribution in [3.05, 3.63) is 202 Å². The second-order valence-electron chi connectivity index (χ2n) is 16.1. The Balaban J connectivity index is 0.00000608. The Kier molecular flexibility index (Phi) is 15.1. The largest absolute Gasteiger partial charge is 0.448 e. The number of nitrogens with one attached hydrogen (secondary N) is 2. The third-order valence-corrected chi connectivity index (χ3v) is 14.3. The lowest BCUT2D eigenvalue weighted by molar-refractivity contribution is -0.154. The number of oxime groups is 1. The number of amides is 2. The molecule has 67 heavy (non-hydrogen) atoms. The van der Waals surface area contributed by atoms with E-state index in [0.717, 1.165) is 70.7 Å². The molecule has 0 bridgehead atoms. The molecule has 344 valence electrons. The van der Waals surface area contributed by atoms with E-state index in [4.69, 9.17) is 9.72 Å². The van der Waals surface area contributed by atoms with Crippen LogP contribution in [0.5, 0.6) is 0 Å². The third-order valence-electron chi connectivity index (χ3n) is 12.2. The highest BCUT2D eigenvalue weighted by Crippen LogP contribution is 2.44. The highest BCUT2D eigenvalue weighted by molar-refractivity contribution is 14.0. The number of alkyl halides is 2. The number of halogens is 3. The van der Waals surface area contributed by atoms with Gasteiger partial charge in [-0.3, -0.25) is 19.4 Å². The summed E-state index contributed by atoms with van der Waals surface area (Å²) in [7, 11) is 0. The molecule has 5 aromatic carbocycles. The molecule has 11 nitrogen and oxygen atoms in total. The second kappa shape index (κ2) is 21.3. The van der Waals surface area contributed by atoms with Crippen molar-refractivity contribution in [3.8, 4) is 0 Å². The smallest absolute Gasteiger partial charge is 0.407 e. The van der Waals surface area contributed by atoms with Crippen molar-refractivity contribution in [2.24, 2.45) is 5.16 Å². The van der Waals surface area contributed by atoms with Crippen LogP contribution in [0.25, 0.3) is 0 Å². The molecule has 1 aromatic heterocycles. The van der Waals surface area contributed by atoms with Crippen LogP contribution in [0.15, 0.2) is 173 Å². The van der Waals surface area contributed by atoms with Gasteiger partial charge in [0.05, 0.1) is 0 Å². The van der Waals surface area contributed by atoms with Crippen LogP contribution in [0.3, 0.4) is 0 Å². The van der Waals surface area contributed by atoms with Gasteiger partial charge >= 0.3 is 12.6 Å². The van der Waals surface area contributed by atoms with E-state index in [1.165, 1.54) is 22.0 Å². The SMILES string of the molecule is CC(C1=C(C(=O)OC(c2ccccc2)c2ccccc2)N2C(=O)C(NC(=O)C(=NOC(F)F)c3csc(NC(c4ccccc4)(c4ccccc4)c4ccccc4)n3)[C@@H]2SC1)N1CCCC1.I. The number of rotatable bonds is 16. The molecule has 3 aliphatic heterocycles. The van der Waals surface area contributed by atoms with Crippen LogP contribution < -0.4 is 10.6 Å². The van der Waals surface area contributed by atoms with Gasteiger partial charge in [-0.15, -0.1) is 47.1 Å². The first kappa shape index (κ1) is 47.5. The maximum Gasteiger partial charge on any atom is 0.407 e. The maximum atomic E-state index is 14.7. The fourth-order valence-electron chi connectivity index (χ4n) is 8.94. The minimum absolute atomic E-state index is 0. The summed E-state index contributed by atoms with van der Waals surface area (Å²) >= 11 is 2.56. The summed E-state index contributed by atoms with van der Waals surface area (Å²) in [5.41, 5.74) is 3.55. The predicted molar refractivity (Wildman–Crippen MR) is 267 cm³/mol. The summed E-state index contributed by atoms with van der Waals surface area (Å²) < 4.78 is 33.6. The number of benzene rings is 5. The summed E-state index contributed by atoms with van der Waals surface area (Å²) in [4.78, 5) is 56.1. The Morgan fingerprint density at radius 2 is 1.30 bits per heavy atom. The highest BCUT2D eigenvalue weighted by atomic mass is 127. The molecule has 9 rings (SSSR count). The van der Waals surface area contributed by atoms with Crippen molar-refractivity contribution in [2.75, 3.05) is 24.2 Å². The molecule has 0 spiro atoms. The number of thiazole rings is 1. The van der Waals surface area contributed by atoms with Crippen LogP contribution in [0, 0.1) is 0 Å². The van der Waals surface area contributed by atoms with Crippen LogP contribution in [-0.2, 0) is 29.5 Å². The first-order valence-electron chi connectivity index (χ1n) is 21.7. The second-order valence-corrected chi connectivity index (χ2v) is 18.0. The lowest BCUT2D eigenvalue weighted by atomic mass is 9.77. The van der Waals surface area contributed by atoms with Gasteiger partial charge < -0.3 is 20.2 Å². The zero-order chi connectivity index (χ0) is 45.6. The lowest BCUT2D eigenvalue weighted by Gasteiger charge is -2.50. The van der Waals surface area contributed by atoms with E-state index in [1.807, 2.05) is 159 Å². The van der Waals surface area contributed by atoms with Crippen molar-refractivity contribution in [3.63, 3.8) is 0 Å². The molecule has 6 aromatic rings. The van der Waals surface area contributed by atoms with Gasteiger partial charge in [0.2, 0.25) is 0 Å². The number of aromatic nitrogens is 1. The molecular formula is C51H47F2IN6O5S2. The van der Waals surface area contributed by atoms with Gasteiger partial charge in [0, 0.05) is 17.2 Å². The van der Waals surface area contributed by atoms with E-state index in [2.05, 4.69) is 25.5 Å². The van der Waals surface area contributed by atoms with Crippen LogP contribution in [0.2, 0.25) is 0 Å². The molecule has 0 saturated carbocycles. The zero-order valence-corrected chi connectivity index (χ0v) is 40.2. The Hall–Kier alpha value is -5.95. The minimum atomic E-state index is -3.34. The maximum absolute atomic E-state index is 14.7. The van der Waals surface area contributed by atoms with E-state index < -0.39 is 53.2 Å². The minimum Gasteiger partial charge on any atom is -0.448 e. The van der Waals surface area contributed by atoms with Crippen LogP contribution in [0.4, 0.5) is 13.9 Å². The molecule has 16 heteroatoms. The summed E-state index contributed by atoms with van der Waals surface area (Å²) in [6, 6.07) is 47.0. The van der Waals surface area contributed by atoms with Crippen molar-refractivity contribution in [1.82, 2.24) is 20.1 Å². The number of fused-ring (bicyclic) bond motifs is 1. The quantitative estimate of drug-likeness (QED) is 0.0244. The summed E-state index contributed by atoms with van der Waals surface area (Å²) in [6.07, 6.45) is 1.29. The number of thioether (sulfide) groups is 1. The monoisotopic (exact) mass is 1050 g/mol. The Morgan fingerprint density at radius 3 is 1.81 bits per heavy atom. The van der Waals surface area contributed by atoms with Crippen LogP contribution >= 0.6 is 47.1 Å². The molecule has 4 heterocycles. The van der Waals surface area contributed by atoms with E-state index in [9.17, 15) is 23.2 Å². The van der Waals surface area contributed by atoms with Gasteiger partial charge in [0.25, 0.3) is 11.8 Å². The van der Waals surface area contributed by atoms with Gasteiger partial charge in [0.15, 0.2) is 16.9 Å².